The Bertz CT molecular complexity index is 927. The van der Waals surface area contributed by atoms with E-state index in [1.165, 1.54) is 6.08 Å². The number of carbonyl (C=O) groups excluding carboxylic acids is 3. The molecule has 3 N–H and O–H groups in total. The topological polar surface area (TPSA) is 96.5 Å². The van der Waals surface area contributed by atoms with Crippen molar-refractivity contribution in [3.8, 4) is 0 Å². The molecule has 0 radical (unpaired) electrons. The number of rotatable bonds is 7. The summed E-state index contributed by atoms with van der Waals surface area (Å²) in [6, 6.07) is 14.6. The molecule has 0 aliphatic carbocycles. The number of amides is 3. The molecule has 2 aromatic rings. The van der Waals surface area contributed by atoms with Gasteiger partial charge in [0.25, 0.3) is 0 Å². The number of aryl methyl sites for hydroxylation is 1. The molecule has 3 amide bonds. The van der Waals surface area contributed by atoms with Gasteiger partial charge in [0.2, 0.25) is 11.8 Å². The van der Waals surface area contributed by atoms with E-state index >= 15 is 0 Å². The standard InChI is InChI=1S/C24H29N3O4/c1-17-5-7-18(8-6-17)9-14-21(28)26-19-10-12-20(13-11-19)27-22(29)15-16-25-23(30)31-24(2,3)4/h5-14H,15-16H2,1-4H3,(H,25,30)(H,26,28)(H,27,29)/b14-9+. The maximum absolute atomic E-state index is 12.1. The summed E-state index contributed by atoms with van der Waals surface area (Å²) in [5, 5.41) is 8.04. The number of alkyl carbamates (subject to hydrolysis) is 1. The highest BCUT2D eigenvalue weighted by molar-refractivity contribution is 6.02. The highest BCUT2D eigenvalue weighted by atomic mass is 16.6. The van der Waals surface area contributed by atoms with E-state index < -0.39 is 11.7 Å². The molecule has 31 heavy (non-hydrogen) atoms. The molecule has 164 valence electrons. The number of benzene rings is 2. The van der Waals surface area contributed by atoms with Gasteiger partial charge in [-0.05, 0) is 63.6 Å². The highest BCUT2D eigenvalue weighted by Gasteiger charge is 2.15. The molecule has 2 aromatic carbocycles. The summed E-state index contributed by atoms with van der Waals surface area (Å²) < 4.78 is 5.11. The number of hydrogen-bond donors (Lipinski definition) is 3. The SMILES string of the molecule is Cc1ccc(/C=C/C(=O)Nc2ccc(NC(=O)CCNC(=O)OC(C)(C)C)cc2)cc1. The van der Waals surface area contributed by atoms with Crippen LogP contribution in [0.4, 0.5) is 16.2 Å². The first-order valence-corrected chi connectivity index (χ1v) is 10.0. The maximum Gasteiger partial charge on any atom is 0.407 e. The van der Waals surface area contributed by atoms with Crippen molar-refractivity contribution in [2.24, 2.45) is 0 Å². The normalized spacial score (nSPS) is 11.1. The van der Waals surface area contributed by atoms with Crippen molar-refractivity contribution in [2.75, 3.05) is 17.2 Å². The lowest BCUT2D eigenvalue weighted by molar-refractivity contribution is -0.116. The van der Waals surface area contributed by atoms with Crippen LogP contribution < -0.4 is 16.0 Å². The van der Waals surface area contributed by atoms with Gasteiger partial charge in [0, 0.05) is 30.4 Å². The first kappa shape index (κ1) is 23.7. The molecule has 0 bridgehead atoms. The van der Waals surface area contributed by atoms with Crippen LogP contribution in [0.25, 0.3) is 6.08 Å². The Morgan fingerprint density at radius 3 is 2.06 bits per heavy atom. The monoisotopic (exact) mass is 423 g/mol. The van der Waals surface area contributed by atoms with E-state index in [2.05, 4.69) is 16.0 Å². The van der Waals surface area contributed by atoms with Crippen molar-refractivity contribution < 1.29 is 19.1 Å². The van der Waals surface area contributed by atoms with Gasteiger partial charge in [0.15, 0.2) is 0 Å². The van der Waals surface area contributed by atoms with E-state index in [-0.39, 0.29) is 24.8 Å². The van der Waals surface area contributed by atoms with Gasteiger partial charge < -0.3 is 20.7 Å². The summed E-state index contributed by atoms with van der Waals surface area (Å²) in [5.41, 5.74) is 2.73. The van der Waals surface area contributed by atoms with Gasteiger partial charge in [-0.15, -0.1) is 0 Å². The molecule has 0 saturated carbocycles. The summed E-state index contributed by atoms with van der Waals surface area (Å²) in [4.78, 5) is 35.6. The second kappa shape index (κ2) is 11.0. The minimum absolute atomic E-state index is 0.113. The fraction of sp³-hybridized carbons (Fsp3) is 0.292. The Hall–Kier alpha value is -3.61. The zero-order valence-electron chi connectivity index (χ0n) is 18.3. The molecule has 0 aliphatic heterocycles. The van der Waals surface area contributed by atoms with Crippen molar-refractivity contribution in [1.82, 2.24) is 5.32 Å². The van der Waals surface area contributed by atoms with Crippen LogP contribution in [0.1, 0.15) is 38.3 Å². The van der Waals surface area contributed by atoms with E-state index in [0.717, 1.165) is 11.1 Å². The van der Waals surface area contributed by atoms with Crippen LogP contribution in [0.5, 0.6) is 0 Å². The molecule has 0 spiro atoms. The van der Waals surface area contributed by atoms with E-state index in [1.54, 1.807) is 51.1 Å². The maximum atomic E-state index is 12.1. The van der Waals surface area contributed by atoms with Gasteiger partial charge >= 0.3 is 6.09 Å². The lowest BCUT2D eigenvalue weighted by Gasteiger charge is -2.19. The van der Waals surface area contributed by atoms with Crippen LogP contribution in [-0.2, 0) is 14.3 Å². The number of anilines is 2. The number of ether oxygens (including phenoxy) is 1. The van der Waals surface area contributed by atoms with Gasteiger partial charge in [-0.3, -0.25) is 9.59 Å². The first-order chi connectivity index (χ1) is 14.6. The highest BCUT2D eigenvalue weighted by Crippen LogP contribution is 2.14. The van der Waals surface area contributed by atoms with E-state index in [1.807, 2.05) is 31.2 Å². The lowest BCUT2D eigenvalue weighted by atomic mass is 10.1. The molecule has 0 aromatic heterocycles. The predicted octanol–water partition coefficient (Wildman–Crippen LogP) is 4.50. The Kier molecular flexibility index (Phi) is 8.37. The minimum atomic E-state index is -0.583. The van der Waals surface area contributed by atoms with Crippen LogP contribution in [0.3, 0.4) is 0 Å². The quantitative estimate of drug-likeness (QED) is 0.571. The largest absolute Gasteiger partial charge is 0.444 e. The number of nitrogens with one attached hydrogen (secondary N) is 3. The summed E-state index contributed by atoms with van der Waals surface area (Å²) in [5.74, 6) is -0.487. The molecule has 7 nitrogen and oxygen atoms in total. The molecule has 7 heteroatoms. The Labute approximate surface area is 182 Å². The number of carbonyl (C=O) groups is 3. The van der Waals surface area contributed by atoms with Crippen LogP contribution in [0.15, 0.2) is 54.6 Å². The molecular formula is C24H29N3O4. The zero-order chi connectivity index (χ0) is 22.9. The Morgan fingerprint density at radius 1 is 0.903 bits per heavy atom. The third kappa shape index (κ3) is 9.62. The Balaban J connectivity index is 1.75. The average molecular weight is 424 g/mol. The van der Waals surface area contributed by atoms with Gasteiger partial charge in [-0.2, -0.15) is 0 Å². The fourth-order valence-electron chi connectivity index (χ4n) is 2.49. The summed E-state index contributed by atoms with van der Waals surface area (Å²) in [7, 11) is 0. The van der Waals surface area contributed by atoms with Crippen molar-refractivity contribution in [3.63, 3.8) is 0 Å². The smallest absolute Gasteiger partial charge is 0.407 e. The summed E-state index contributed by atoms with van der Waals surface area (Å²) in [6.45, 7) is 7.48. The third-order valence-corrected chi connectivity index (χ3v) is 3.96. The van der Waals surface area contributed by atoms with E-state index in [4.69, 9.17) is 4.74 Å². The summed E-state index contributed by atoms with van der Waals surface area (Å²) in [6.07, 6.45) is 2.77. The fourth-order valence-corrected chi connectivity index (χ4v) is 2.49. The second-order valence-electron chi connectivity index (χ2n) is 8.04. The van der Waals surface area contributed by atoms with E-state index in [0.29, 0.717) is 11.4 Å². The molecule has 0 fully saturated rings. The molecule has 0 unspecified atom stereocenters. The van der Waals surface area contributed by atoms with Crippen LogP contribution in [0.2, 0.25) is 0 Å². The molecule has 0 aliphatic rings. The van der Waals surface area contributed by atoms with Gasteiger partial charge in [0.1, 0.15) is 5.60 Å². The third-order valence-electron chi connectivity index (χ3n) is 3.96. The van der Waals surface area contributed by atoms with Crippen LogP contribution in [0, 0.1) is 6.92 Å². The van der Waals surface area contributed by atoms with E-state index in [9.17, 15) is 14.4 Å². The van der Waals surface area contributed by atoms with Crippen molar-refractivity contribution in [2.45, 2.75) is 39.7 Å². The molecule has 0 atom stereocenters. The zero-order valence-corrected chi connectivity index (χ0v) is 18.3. The van der Waals surface area contributed by atoms with Gasteiger partial charge in [-0.1, -0.05) is 29.8 Å². The summed E-state index contributed by atoms with van der Waals surface area (Å²) >= 11 is 0. The predicted molar refractivity (Wildman–Crippen MR) is 123 cm³/mol. The molecule has 2 rings (SSSR count). The lowest BCUT2D eigenvalue weighted by Crippen LogP contribution is -2.34. The second-order valence-corrected chi connectivity index (χ2v) is 8.04. The first-order valence-electron chi connectivity index (χ1n) is 10.0. The average Bonchev–Trinajstić information content (AvgIpc) is 2.67. The van der Waals surface area contributed by atoms with Crippen LogP contribution >= 0.6 is 0 Å². The molecule has 0 saturated heterocycles. The molecular weight excluding hydrogens is 394 g/mol. The molecule has 0 heterocycles. The Morgan fingerprint density at radius 2 is 1.48 bits per heavy atom. The van der Waals surface area contributed by atoms with Crippen molar-refractivity contribution >= 4 is 35.4 Å². The van der Waals surface area contributed by atoms with Gasteiger partial charge in [0.05, 0.1) is 0 Å². The van der Waals surface area contributed by atoms with Gasteiger partial charge in [-0.25, -0.2) is 4.79 Å². The van der Waals surface area contributed by atoms with Crippen molar-refractivity contribution in [1.29, 1.82) is 0 Å². The van der Waals surface area contributed by atoms with Crippen LogP contribution in [-0.4, -0.2) is 30.1 Å². The number of hydrogen-bond acceptors (Lipinski definition) is 4. The minimum Gasteiger partial charge on any atom is -0.444 e. The van der Waals surface area contributed by atoms with Crippen molar-refractivity contribution in [3.05, 3.63) is 65.7 Å².